The monoisotopic (exact) mass is 532 g/mol. The van der Waals surface area contributed by atoms with E-state index < -0.39 is 52.4 Å². The summed E-state index contributed by atoms with van der Waals surface area (Å²) in [4.78, 5) is 54.6. The SMILES string of the molecule is O=C(Nc1ccc(Cl)c([N+](=O)[O-])c1)[C@@H]1[C@@H]2C(=O)N(c3ccc(F)cc3)C(=O)[C@@H]2[C@@H]2c3ccccc3C=CN12. The molecule has 0 aliphatic carbocycles. The number of carbonyl (C=O) groups is 3. The van der Waals surface area contributed by atoms with Gasteiger partial charge in [-0.15, -0.1) is 0 Å². The van der Waals surface area contributed by atoms with Crippen molar-refractivity contribution in [2.45, 2.75) is 12.1 Å². The van der Waals surface area contributed by atoms with Crippen molar-refractivity contribution in [2.75, 3.05) is 10.2 Å². The Morgan fingerprint density at radius 1 is 1.00 bits per heavy atom. The molecular formula is C27H18ClFN4O5. The molecule has 3 aliphatic rings. The van der Waals surface area contributed by atoms with Gasteiger partial charge in [0, 0.05) is 18.0 Å². The van der Waals surface area contributed by atoms with Gasteiger partial charge in [-0.3, -0.25) is 24.5 Å². The summed E-state index contributed by atoms with van der Waals surface area (Å²) in [5.74, 6) is -4.10. The number of imide groups is 1. The molecule has 0 radical (unpaired) electrons. The molecular weight excluding hydrogens is 515 g/mol. The van der Waals surface area contributed by atoms with Gasteiger partial charge in [0.25, 0.3) is 5.69 Å². The van der Waals surface area contributed by atoms with Crippen LogP contribution in [0.5, 0.6) is 0 Å². The molecule has 4 atom stereocenters. The third-order valence-corrected chi connectivity index (χ3v) is 7.55. The predicted molar refractivity (Wildman–Crippen MR) is 136 cm³/mol. The van der Waals surface area contributed by atoms with Gasteiger partial charge in [0.2, 0.25) is 17.7 Å². The zero-order valence-electron chi connectivity index (χ0n) is 19.5. The standard InChI is InChI=1S/C27H18ClFN4O5/c28-19-10-7-16(13-20(19)33(37)38)30-25(34)24-22-21(23-18-4-2-1-3-14(18)11-12-31(23)24)26(35)32(27(22)36)17-8-5-15(29)6-9-17/h1-13,21-24H,(H,30,34)/t21-,22+,23-,24-/m0/s1. The quantitative estimate of drug-likeness (QED) is 0.300. The van der Waals surface area contributed by atoms with Crippen LogP contribution in [0.4, 0.5) is 21.5 Å². The van der Waals surface area contributed by atoms with Crippen molar-refractivity contribution in [2.24, 2.45) is 11.8 Å². The van der Waals surface area contributed by atoms with E-state index in [2.05, 4.69) is 5.32 Å². The minimum Gasteiger partial charge on any atom is -0.357 e. The fourth-order valence-electron chi connectivity index (χ4n) is 5.65. The van der Waals surface area contributed by atoms with Crippen LogP contribution in [0, 0.1) is 27.8 Å². The van der Waals surface area contributed by atoms with Gasteiger partial charge in [0.05, 0.1) is 28.5 Å². The topological polar surface area (TPSA) is 113 Å². The number of benzene rings is 3. The van der Waals surface area contributed by atoms with Crippen LogP contribution in [0.3, 0.4) is 0 Å². The van der Waals surface area contributed by atoms with Crippen molar-refractivity contribution >= 4 is 52.5 Å². The van der Waals surface area contributed by atoms with Crippen LogP contribution < -0.4 is 10.2 Å². The molecule has 0 spiro atoms. The minimum atomic E-state index is -1.09. The van der Waals surface area contributed by atoms with Gasteiger partial charge in [-0.25, -0.2) is 9.29 Å². The third-order valence-electron chi connectivity index (χ3n) is 7.23. The molecule has 9 nitrogen and oxygen atoms in total. The maximum absolute atomic E-state index is 13.8. The number of nitro groups is 1. The van der Waals surface area contributed by atoms with E-state index in [-0.39, 0.29) is 22.1 Å². The fraction of sp³-hybridized carbons (Fsp3) is 0.148. The molecule has 190 valence electrons. The number of anilines is 2. The molecule has 38 heavy (non-hydrogen) atoms. The van der Waals surface area contributed by atoms with Crippen molar-refractivity contribution in [3.63, 3.8) is 0 Å². The number of amides is 3. The highest BCUT2D eigenvalue weighted by atomic mass is 35.5. The number of nitrogens with one attached hydrogen (secondary N) is 1. The molecule has 3 heterocycles. The molecule has 2 saturated heterocycles. The molecule has 0 saturated carbocycles. The van der Waals surface area contributed by atoms with Crippen LogP contribution in [0.2, 0.25) is 5.02 Å². The molecule has 2 fully saturated rings. The van der Waals surface area contributed by atoms with Crippen LogP contribution in [0.25, 0.3) is 6.08 Å². The van der Waals surface area contributed by atoms with E-state index >= 15 is 0 Å². The second-order valence-electron chi connectivity index (χ2n) is 9.23. The van der Waals surface area contributed by atoms with Gasteiger partial charge in [0.15, 0.2) is 0 Å². The molecule has 3 aliphatic heterocycles. The van der Waals surface area contributed by atoms with Crippen molar-refractivity contribution in [1.29, 1.82) is 0 Å². The molecule has 6 rings (SSSR count). The van der Waals surface area contributed by atoms with Crippen molar-refractivity contribution in [3.8, 4) is 0 Å². The van der Waals surface area contributed by atoms with Crippen LogP contribution in [0.15, 0.2) is 72.9 Å². The highest BCUT2D eigenvalue weighted by Gasteiger charge is 2.64. The highest BCUT2D eigenvalue weighted by molar-refractivity contribution is 6.32. The Balaban J connectivity index is 1.42. The average Bonchev–Trinajstić information content (AvgIpc) is 3.38. The summed E-state index contributed by atoms with van der Waals surface area (Å²) in [6.07, 6.45) is 3.51. The highest BCUT2D eigenvalue weighted by Crippen LogP contribution is 2.53. The first-order valence-corrected chi connectivity index (χ1v) is 12.1. The van der Waals surface area contributed by atoms with E-state index in [9.17, 15) is 28.9 Å². The Labute approximate surface area is 220 Å². The number of hydrogen-bond donors (Lipinski definition) is 1. The Morgan fingerprint density at radius 3 is 2.45 bits per heavy atom. The van der Waals surface area contributed by atoms with E-state index in [1.54, 1.807) is 11.1 Å². The van der Waals surface area contributed by atoms with Crippen molar-refractivity contribution in [3.05, 3.63) is 105 Å². The summed E-state index contributed by atoms with van der Waals surface area (Å²) >= 11 is 5.90. The van der Waals surface area contributed by atoms with Gasteiger partial charge in [0.1, 0.15) is 16.9 Å². The van der Waals surface area contributed by atoms with E-state index in [0.717, 1.165) is 34.2 Å². The zero-order valence-corrected chi connectivity index (χ0v) is 20.2. The largest absolute Gasteiger partial charge is 0.357 e. The fourth-order valence-corrected chi connectivity index (χ4v) is 5.83. The zero-order chi connectivity index (χ0) is 26.7. The van der Waals surface area contributed by atoms with Crippen LogP contribution in [-0.4, -0.2) is 33.6 Å². The first-order valence-electron chi connectivity index (χ1n) is 11.7. The molecule has 0 aromatic heterocycles. The lowest BCUT2D eigenvalue weighted by Gasteiger charge is -2.35. The number of rotatable bonds is 4. The molecule has 3 amide bonds. The lowest BCUT2D eigenvalue weighted by Crippen LogP contribution is -2.46. The normalized spacial score (nSPS) is 23.2. The molecule has 0 unspecified atom stereocenters. The Hall–Kier alpha value is -4.57. The first kappa shape index (κ1) is 23.8. The van der Waals surface area contributed by atoms with Crippen LogP contribution in [0.1, 0.15) is 17.2 Å². The molecule has 3 aromatic carbocycles. The lowest BCUT2D eigenvalue weighted by molar-refractivity contribution is -0.384. The molecule has 11 heteroatoms. The number of halogens is 2. The van der Waals surface area contributed by atoms with Crippen LogP contribution in [-0.2, 0) is 14.4 Å². The van der Waals surface area contributed by atoms with Gasteiger partial charge in [-0.1, -0.05) is 35.9 Å². The van der Waals surface area contributed by atoms with Gasteiger partial charge < -0.3 is 10.2 Å². The van der Waals surface area contributed by atoms with E-state index in [4.69, 9.17) is 11.6 Å². The predicted octanol–water partition coefficient (Wildman–Crippen LogP) is 4.54. The molecule has 0 bridgehead atoms. The van der Waals surface area contributed by atoms with Gasteiger partial charge in [-0.05, 0) is 53.6 Å². The Bertz CT molecular complexity index is 1560. The van der Waals surface area contributed by atoms with E-state index in [0.29, 0.717) is 0 Å². The minimum absolute atomic E-state index is 0.0870. The Kier molecular flexibility index (Phi) is 5.50. The molecule has 3 aromatic rings. The van der Waals surface area contributed by atoms with E-state index in [1.165, 1.54) is 24.3 Å². The number of hydrogen-bond acceptors (Lipinski definition) is 6. The van der Waals surface area contributed by atoms with Crippen molar-refractivity contribution < 1.29 is 23.7 Å². The number of fused-ring (bicyclic) bond motifs is 5. The van der Waals surface area contributed by atoms with Crippen molar-refractivity contribution in [1.82, 2.24) is 4.90 Å². The summed E-state index contributed by atoms with van der Waals surface area (Å²) in [5, 5.41) is 13.9. The average molecular weight is 533 g/mol. The summed E-state index contributed by atoms with van der Waals surface area (Å²) in [7, 11) is 0. The third kappa shape index (κ3) is 3.56. The summed E-state index contributed by atoms with van der Waals surface area (Å²) in [6.45, 7) is 0. The maximum atomic E-state index is 13.8. The smallest absolute Gasteiger partial charge is 0.289 e. The maximum Gasteiger partial charge on any atom is 0.289 e. The lowest BCUT2D eigenvalue weighted by atomic mass is 9.84. The second-order valence-corrected chi connectivity index (χ2v) is 9.64. The second kappa shape index (κ2) is 8.77. The number of nitro benzene ring substituents is 1. The van der Waals surface area contributed by atoms with E-state index in [1.807, 2.05) is 30.3 Å². The van der Waals surface area contributed by atoms with Gasteiger partial charge >= 0.3 is 0 Å². The summed E-state index contributed by atoms with van der Waals surface area (Å²) < 4.78 is 13.6. The van der Waals surface area contributed by atoms with Crippen LogP contribution >= 0.6 is 11.6 Å². The Morgan fingerprint density at radius 2 is 1.71 bits per heavy atom. The summed E-state index contributed by atoms with van der Waals surface area (Å²) in [6, 6.07) is 14.6. The van der Waals surface area contributed by atoms with Gasteiger partial charge in [-0.2, -0.15) is 0 Å². The number of carbonyl (C=O) groups excluding carboxylic acids is 3. The summed E-state index contributed by atoms with van der Waals surface area (Å²) in [5.41, 5.74) is 1.62. The molecule has 1 N–H and O–H groups in total. The number of nitrogens with zero attached hydrogens (tertiary/aromatic N) is 3. The first-order chi connectivity index (χ1) is 18.3.